The Balaban J connectivity index is 1.22. The fraction of sp³-hybridized carbons (Fsp3) is 0.323. The lowest BCUT2D eigenvalue weighted by Crippen LogP contribution is -2.58. The molecule has 0 aliphatic heterocycles. The third kappa shape index (κ3) is 4.05. The molecule has 3 nitrogen and oxygen atoms in total. The molecule has 1 heterocycles. The number of carbonyl (C=O) groups is 1. The zero-order chi connectivity index (χ0) is 24.2. The van der Waals surface area contributed by atoms with Crippen molar-refractivity contribution >= 4 is 16.8 Å². The Morgan fingerprint density at radius 1 is 0.943 bits per heavy atom. The van der Waals surface area contributed by atoms with Crippen LogP contribution in [0.1, 0.15) is 55.5 Å². The average Bonchev–Trinajstić information content (AvgIpc) is 3.22. The second-order valence-corrected chi connectivity index (χ2v) is 11.5. The van der Waals surface area contributed by atoms with E-state index in [4.69, 9.17) is 0 Å². The van der Waals surface area contributed by atoms with E-state index in [0.717, 1.165) is 24.0 Å². The van der Waals surface area contributed by atoms with Gasteiger partial charge in [0.15, 0.2) is 0 Å². The molecular weight excluding hydrogens is 435 g/mol. The van der Waals surface area contributed by atoms with Gasteiger partial charge in [0.05, 0.1) is 11.1 Å². The lowest BCUT2D eigenvalue weighted by Gasteiger charge is -2.61. The Morgan fingerprint density at radius 3 is 2.31 bits per heavy atom. The van der Waals surface area contributed by atoms with Crippen molar-refractivity contribution in [2.75, 3.05) is 0 Å². The van der Waals surface area contributed by atoms with Crippen LogP contribution < -0.4 is 5.32 Å². The molecule has 4 aromatic rings. The molecule has 0 unspecified atom stereocenters. The number of fused-ring (bicyclic) bond motifs is 1. The Morgan fingerprint density at radius 2 is 1.63 bits per heavy atom. The van der Waals surface area contributed by atoms with Crippen LogP contribution in [0.5, 0.6) is 0 Å². The van der Waals surface area contributed by atoms with Crippen LogP contribution in [0, 0.1) is 16.6 Å². The predicted molar refractivity (Wildman–Crippen MR) is 139 cm³/mol. The molecule has 1 aromatic heterocycles. The molecule has 178 valence electrons. The lowest BCUT2D eigenvalue weighted by atomic mass is 9.45. The van der Waals surface area contributed by atoms with Crippen LogP contribution in [-0.2, 0) is 6.54 Å². The molecule has 4 heteroatoms. The summed E-state index contributed by atoms with van der Waals surface area (Å²) in [5, 5.41) is 3.72. The minimum atomic E-state index is -0.297. The number of hydrogen-bond acceptors (Lipinski definition) is 1. The molecule has 0 atom stereocenters. The lowest BCUT2D eigenvalue weighted by molar-refractivity contribution is -0.0917. The Hall–Kier alpha value is -3.40. The Bertz CT molecular complexity index is 1390. The molecule has 2 aliphatic carbocycles. The van der Waals surface area contributed by atoms with Gasteiger partial charge in [0.2, 0.25) is 0 Å². The summed E-state index contributed by atoms with van der Waals surface area (Å²) in [6, 6.07) is 23.7. The van der Waals surface area contributed by atoms with Gasteiger partial charge in [-0.3, -0.25) is 4.79 Å². The highest BCUT2D eigenvalue weighted by molar-refractivity contribution is 6.06. The highest BCUT2D eigenvalue weighted by atomic mass is 19.1. The van der Waals surface area contributed by atoms with Gasteiger partial charge >= 0.3 is 0 Å². The molecule has 6 rings (SSSR count). The van der Waals surface area contributed by atoms with Gasteiger partial charge in [-0.1, -0.05) is 68.4 Å². The molecule has 35 heavy (non-hydrogen) atoms. The van der Waals surface area contributed by atoms with Gasteiger partial charge in [-0.05, 0) is 71.4 Å². The third-order valence-electron chi connectivity index (χ3n) is 7.93. The molecule has 0 bridgehead atoms. The van der Waals surface area contributed by atoms with Crippen LogP contribution in [0.15, 0.2) is 79.0 Å². The Kier molecular flexibility index (Phi) is 5.10. The summed E-state index contributed by atoms with van der Waals surface area (Å²) in [7, 11) is 0. The van der Waals surface area contributed by atoms with Crippen LogP contribution in [0.3, 0.4) is 0 Å². The zero-order valence-electron chi connectivity index (χ0n) is 20.4. The summed E-state index contributed by atoms with van der Waals surface area (Å²) >= 11 is 0. The number of nitrogens with zero attached hydrogens (tertiary/aromatic N) is 1. The number of carbonyl (C=O) groups excluding carboxylic acids is 1. The minimum absolute atomic E-state index is 0.104. The molecule has 1 spiro atoms. The molecule has 2 fully saturated rings. The molecule has 0 radical (unpaired) electrons. The summed E-state index contributed by atoms with van der Waals surface area (Å²) in [5.74, 6) is -0.401. The first kappa shape index (κ1) is 22.1. The van der Waals surface area contributed by atoms with Gasteiger partial charge in [0, 0.05) is 24.2 Å². The fourth-order valence-corrected chi connectivity index (χ4v) is 6.85. The van der Waals surface area contributed by atoms with Crippen molar-refractivity contribution in [3.63, 3.8) is 0 Å². The maximum Gasteiger partial charge on any atom is 0.253 e. The number of amides is 1. The number of benzene rings is 3. The van der Waals surface area contributed by atoms with Gasteiger partial charge < -0.3 is 9.88 Å². The van der Waals surface area contributed by atoms with Crippen LogP contribution in [0.25, 0.3) is 22.0 Å². The monoisotopic (exact) mass is 466 g/mol. The van der Waals surface area contributed by atoms with E-state index in [9.17, 15) is 9.18 Å². The number of aromatic nitrogens is 1. The number of rotatable bonds is 5. The van der Waals surface area contributed by atoms with E-state index in [0.29, 0.717) is 33.8 Å². The van der Waals surface area contributed by atoms with E-state index in [2.05, 4.69) is 55.6 Å². The van der Waals surface area contributed by atoms with E-state index in [-0.39, 0.29) is 17.8 Å². The summed E-state index contributed by atoms with van der Waals surface area (Å²) < 4.78 is 16.6. The second kappa shape index (κ2) is 8.08. The van der Waals surface area contributed by atoms with Gasteiger partial charge in [-0.15, -0.1) is 0 Å². The van der Waals surface area contributed by atoms with E-state index in [1.165, 1.54) is 24.5 Å². The predicted octanol–water partition coefficient (Wildman–Crippen LogP) is 7.19. The molecule has 2 aliphatic rings. The summed E-state index contributed by atoms with van der Waals surface area (Å²) in [6.07, 6.45) is 6.49. The maximum absolute atomic E-state index is 14.6. The summed E-state index contributed by atoms with van der Waals surface area (Å²) in [6.45, 7) is 5.22. The zero-order valence-corrected chi connectivity index (χ0v) is 20.4. The summed E-state index contributed by atoms with van der Waals surface area (Å²) in [4.78, 5) is 13.3. The van der Waals surface area contributed by atoms with Crippen LogP contribution >= 0.6 is 0 Å². The molecule has 3 aromatic carbocycles. The smallest absolute Gasteiger partial charge is 0.253 e. The van der Waals surface area contributed by atoms with Crippen molar-refractivity contribution in [3.8, 4) is 11.1 Å². The highest BCUT2D eigenvalue weighted by Crippen LogP contribution is 2.64. The van der Waals surface area contributed by atoms with Crippen molar-refractivity contribution in [2.24, 2.45) is 10.8 Å². The number of nitrogens with one attached hydrogen (secondary N) is 1. The normalized spacial score (nSPS) is 18.3. The van der Waals surface area contributed by atoms with Crippen molar-refractivity contribution in [3.05, 3.63) is 95.9 Å². The minimum Gasteiger partial charge on any atom is -0.349 e. The van der Waals surface area contributed by atoms with Gasteiger partial charge in [-0.25, -0.2) is 4.39 Å². The standard InChI is InChI=1S/C31H31FN2O/c1-30(2)19-31(20-30)16-24(17-31)33-29(35)26-12-13-27(32)25-14-15-34(28(25)26)18-21-8-10-23(11-9-21)22-6-4-3-5-7-22/h3-15,24H,16-20H2,1-2H3,(H,33,35). The SMILES string of the molecule is CC1(C)CC2(CC(NC(=O)c3ccc(F)c4ccn(Cc5ccc(-c6ccccc6)cc5)c34)C2)C1. The van der Waals surface area contributed by atoms with Crippen molar-refractivity contribution in [2.45, 2.75) is 52.1 Å². The molecule has 1 amide bonds. The summed E-state index contributed by atoms with van der Waals surface area (Å²) in [5.41, 5.74) is 5.52. The van der Waals surface area contributed by atoms with Gasteiger partial charge in [0.1, 0.15) is 5.82 Å². The van der Waals surface area contributed by atoms with Crippen LogP contribution in [0.4, 0.5) is 4.39 Å². The van der Waals surface area contributed by atoms with Crippen molar-refractivity contribution < 1.29 is 9.18 Å². The number of halogens is 1. The molecule has 0 saturated heterocycles. The largest absolute Gasteiger partial charge is 0.349 e. The van der Waals surface area contributed by atoms with E-state index in [1.807, 2.05) is 29.0 Å². The first-order chi connectivity index (χ1) is 16.8. The van der Waals surface area contributed by atoms with E-state index < -0.39 is 0 Å². The fourth-order valence-electron chi connectivity index (χ4n) is 6.85. The van der Waals surface area contributed by atoms with Crippen molar-refractivity contribution in [1.82, 2.24) is 9.88 Å². The van der Waals surface area contributed by atoms with Gasteiger partial charge in [0.25, 0.3) is 5.91 Å². The second-order valence-electron chi connectivity index (χ2n) is 11.5. The Labute approximate surface area is 206 Å². The number of hydrogen-bond donors (Lipinski definition) is 1. The first-order valence-electron chi connectivity index (χ1n) is 12.5. The maximum atomic E-state index is 14.6. The van der Waals surface area contributed by atoms with Gasteiger partial charge in [-0.2, -0.15) is 0 Å². The average molecular weight is 467 g/mol. The molecule has 2 saturated carbocycles. The van der Waals surface area contributed by atoms with Crippen LogP contribution in [-0.4, -0.2) is 16.5 Å². The molecular formula is C31H31FN2O. The first-order valence-corrected chi connectivity index (χ1v) is 12.5. The van der Waals surface area contributed by atoms with Crippen LogP contribution in [0.2, 0.25) is 0 Å². The topological polar surface area (TPSA) is 34.0 Å². The highest BCUT2D eigenvalue weighted by Gasteiger charge is 2.56. The van der Waals surface area contributed by atoms with E-state index in [1.54, 1.807) is 12.1 Å². The van der Waals surface area contributed by atoms with E-state index >= 15 is 0 Å². The third-order valence-corrected chi connectivity index (χ3v) is 7.93. The van der Waals surface area contributed by atoms with Crippen molar-refractivity contribution in [1.29, 1.82) is 0 Å². The quantitative estimate of drug-likeness (QED) is 0.332. The molecule has 1 N–H and O–H groups in total.